The lowest BCUT2D eigenvalue weighted by atomic mass is 9.77. The van der Waals surface area contributed by atoms with Crippen molar-refractivity contribution < 1.29 is 9.53 Å². The van der Waals surface area contributed by atoms with Crippen LogP contribution in [0.2, 0.25) is 0 Å². The van der Waals surface area contributed by atoms with Crippen molar-refractivity contribution >= 4 is 5.97 Å². The van der Waals surface area contributed by atoms with E-state index in [0.717, 1.165) is 24.0 Å². The summed E-state index contributed by atoms with van der Waals surface area (Å²) in [7, 11) is 1.43. The smallest absolute Gasteiger partial charge is 0.338 e. The molecule has 0 unspecified atom stereocenters. The Balaban J connectivity index is 2.53. The number of carbonyl (C=O) groups is 1. The topological polar surface area (TPSA) is 52.3 Å². The zero-order chi connectivity index (χ0) is 14.0. The van der Waals surface area contributed by atoms with Gasteiger partial charge in [-0.1, -0.05) is 18.9 Å². The highest BCUT2D eigenvalue weighted by Gasteiger charge is 2.35. The van der Waals surface area contributed by atoms with E-state index in [1.165, 1.54) is 25.5 Å². The first kappa shape index (κ1) is 14.1. The predicted molar refractivity (Wildman–Crippen MR) is 76.5 cm³/mol. The molecule has 1 aliphatic rings. The second-order valence-electron chi connectivity index (χ2n) is 5.65. The number of aryl methyl sites for hydroxylation is 1. The number of hydrogen-bond donors (Lipinski definition) is 1. The Morgan fingerprint density at radius 1 is 1.32 bits per heavy atom. The van der Waals surface area contributed by atoms with Crippen LogP contribution in [-0.4, -0.2) is 19.6 Å². The van der Waals surface area contributed by atoms with Crippen LogP contribution >= 0.6 is 0 Å². The van der Waals surface area contributed by atoms with Crippen LogP contribution in [0.15, 0.2) is 12.1 Å². The SMILES string of the molecule is COC(=O)c1cc(C2(CN)CCCC2)cc(C)c1C. The Morgan fingerprint density at radius 2 is 1.95 bits per heavy atom. The average molecular weight is 261 g/mol. The molecule has 0 aliphatic heterocycles. The van der Waals surface area contributed by atoms with Gasteiger partial charge < -0.3 is 10.5 Å². The molecular weight excluding hydrogens is 238 g/mol. The molecule has 3 nitrogen and oxygen atoms in total. The molecule has 0 heterocycles. The van der Waals surface area contributed by atoms with Crippen molar-refractivity contribution in [1.29, 1.82) is 0 Å². The maximum Gasteiger partial charge on any atom is 0.338 e. The first-order valence-corrected chi connectivity index (χ1v) is 6.94. The maximum atomic E-state index is 11.9. The van der Waals surface area contributed by atoms with Crippen LogP contribution in [0.5, 0.6) is 0 Å². The number of esters is 1. The van der Waals surface area contributed by atoms with E-state index in [-0.39, 0.29) is 11.4 Å². The van der Waals surface area contributed by atoms with E-state index in [9.17, 15) is 4.79 Å². The normalized spacial score (nSPS) is 17.5. The number of hydrogen-bond acceptors (Lipinski definition) is 3. The van der Waals surface area contributed by atoms with Crippen molar-refractivity contribution in [3.8, 4) is 0 Å². The molecule has 2 N–H and O–H groups in total. The molecule has 1 aromatic rings. The lowest BCUT2D eigenvalue weighted by Crippen LogP contribution is -2.32. The highest BCUT2D eigenvalue weighted by Crippen LogP contribution is 2.41. The third-order valence-electron chi connectivity index (χ3n) is 4.64. The fourth-order valence-electron chi connectivity index (χ4n) is 3.15. The molecule has 0 spiro atoms. The third-order valence-corrected chi connectivity index (χ3v) is 4.64. The molecule has 0 bridgehead atoms. The highest BCUT2D eigenvalue weighted by molar-refractivity contribution is 5.91. The van der Waals surface area contributed by atoms with Gasteiger partial charge in [0.1, 0.15) is 0 Å². The minimum absolute atomic E-state index is 0.0568. The Bertz CT molecular complexity index is 488. The Hall–Kier alpha value is -1.35. The molecule has 1 aromatic carbocycles. The average Bonchev–Trinajstić information content (AvgIpc) is 2.90. The van der Waals surface area contributed by atoms with E-state index in [1.807, 2.05) is 19.9 Å². The number of benzene rings is 1. The molecule has 3 heteroatoms. The number of carbonyl (C=O) groups excluding carboxylic acids is 1. The van der Waals surface area contributed by atoms with Crippen LogP contribution in [0.3, 0.4) is 0 Å². The van der Waals surface area contributed by atoms with E-state index in [4.69, 9.17) is 10.5 Å². The van der Waals surface area contributed by atoms with Gasteiger partial charge >= 0.3 is 5.97 Å². The lowest BCUT2D eigenvalue weighted by molar-refractivity contribution is 0.0599. The first-order chi connectivity index (χ1) is 9.04. The zero-order valence-electron chi connectivity index (χ0n) is 12.1. The minimum atomic E-state index is -0.257. The molecule has 2 rings (SSSR count). The van der Waals surface area contributed by atoms with Gasteiger partial charge in [0.05, 0.1) is 12.7 Å². The monoisotopic (exact) mass is 261 g/mol. The largest absolute Gasteiger partial charge is 0.465 e. The van der Waals surface area contributed by atoms with Gasteiger partial charge in [0.2, 0.25) is 0 Å². The standard InChI is InChI=1S/C16H23NO2/c1-11-8-13(16(10-17)6-4-5-7-16)9-14(12(11)2)15(18)19-3/h8-9H,4-7,10,17H2,1-3H3. The van der Waals surface area contributed by atoms with Crippen LogP contribution in [0, 0.1) is 13.8 Å². The summed E-state index contributed by atoms with van der Waals surface area (Å²) in [5.41, 5.74) is 10.1. The molecule has 1 aliphatic carbocycles. The predicted octanol–water partition coefficient (Wildman–Crippen LogP) is 2.86. The first-order valence-electron chi connectivity index (χ1n) is 6.94. The molecule has 104 valence electrons. The van der Waals surface area contributed by atoms with Crippen LogP contribution in [0.25, 0.3) is 0 Å². The van der Waals surface area contributed by atoms with Gasteiger partial charge in [-0.05, 0) is 49.4 Å². The Labute approximate surface area is 115 Å². The van der Waals surface area contributed by atoms with Crippen LogP contribution < -0.4 is 5.73 Å². The summed E-state index contributed by atoms with van der Waals surface area (Å²) in [6.45, 7) is 4.66. The molecule has 0 atom stereocenters. The summed E-state index contributed by atoms with van der Waals surface area (Å²) in [6, 6.07) is 4.19. The van der Waals surface area contributed by atoms with Gasteiger partial charge in [0.15, 0.2) is 0 Å². The van der Waals surface area contributed by atoms with E-state index in [2.05, 4.69) is 6.07 Å². The fourth-order valence-corrected chi connectivity index (χ4v) is 3.15. The fraction of sp³-hybridized carbons (Fsp3) is 0.562. The summed E-state index contributed by atoms with van der Waals surface area (Å²) >= 11 is 0. The van der Waals surface area contributed by atoms with Crippen molar-refractivity contribution in [1.82, 2.24) is 0 Å². The summed E-state index contributed by atoms with van der Waals surface area (Å²) in [6.07, 6.45) is 4.68. The van der Waals surface area contributed by atoms with Crippen molar-refractivity contribution in [3.63, 3.8) is 0 Å². The number of rotatable bonds is 3. The van der Waals surface area contributed by atoms with Crippen molar-refractivity contribution in [2.75, 3.05) is 13.7 Å². The van der Waals surface area contributed by atoms with Crippen molar-refractivity contribution in [3.05, 3.63) is 34.4 Å². The zero-order valence-corrected chi connectivity index (χ0v) is 12.1. The van der Waals surface area contributed by atoms with Gasteiger partial charge in [0.25, 0.3) is 0 Å². The number of nitrogens with two attached hydrogens (primary N) is 1. The molecule has 0 saturated heterocycles. The Kier molecular flexibility index (Phi) is 3.95. The highest BCUT2D eigenvalue weighted by atomic mass is 16.5. The number of ether oxygens (including phenoxy) is 1. The minimum Gasteiger partial charge on any atom is -0.465 e. The quantitative estimate of drug-likeness (QED) is 0.851. The second kappa shape index (κ2) is 5.33. The summed E-state index contributed by atoms with van der Waals surface area (Å²) in [5, 5.41) is 0. The molecule has 0 aromatic heterocycles. The van der Waals surface area contributed by atoms with Gasteiger partial charge in [-0.2, -0.15) is 0 Å². The van der Waals surface area contributed by atoms with Crippen LogP contribution in [0.1, 0.15) is 52.7 Å². The van der Waals surface area contributed by atoms with Crippen molar-refractivity contribution in [2.24, 2.45) is 5.73 Å². The molecular formula is C16H23NO2. The van der Waals surface area contributed by atoms with Crippen molar-refractivity contribution in [2.45, 2.75) is 44.9 Å². The van der Waals surface area contributed by atoms with E-state index in [1.54, 1.807) is 0 Å². The maximum absolute atomic E-state index is 11.9. The molecule has 0 radical (unpaired) electrons. The van der Waals surface area contributed by atoms with E-state index >= 15 is 0 Å². The molecule has 19 heavy (non-hydrogen) atoms. The van der Waals surface area contributed by atoms with E-state index < -0.39 is 0 Å². The van der Waals surface area contributed by atoms with Gasteiger partial charge in [-0.3, -0.25) is 0 Å². The van der Waals surface area contributed by atoms with Gasteiger partial charge in [-0.15, -0.1) is 0 Å². The molecule has 1 fully saturated rings. The number of methoxy groups -OCH3 is 1. The second-order valence-corrected chi connectivity index (χ2v) is 5.65. The van der Waals surface area contributed by atoms with Crippen LogP contribution in [-0.2, 0) is 10.2 Å². The van der Waals surface area contributed by atoms with Crippen LogP contribution in [0.4, 0.5) is 0 Å². The van der Waals surface area contributed by atoms with E-state index in [0.29, 0.717) is 12.1 Å². The van der Waals surface area contributed by atoms with Gasteiger partial charge in [-0.25, -0.2) is 4.79 Å². The third kappa shape index (κ3) is 2.39. The summed E-state index contributed by atoms with van der Waals surface area (Å²) in [5.74, 6) is -0.257. The lowest BCUT2D eigenvalue weighted by Gasteiger charge is -2.29. The molecule has 1 saturated carbocycles. The summed E-state index contributed by atoms with van der Waals surface area (Å²) < 4.78 is 4.89. The molecule has 0 amide bonds. The summed E-state index contributed by atoms with van der Waals surface area (Å²) in [4.78, 5) is 11.9. The Morgan fingerprint density at radius 3 is 2.47 bits per heavy atom. The van der Waals surface area contributed by atoms with Gasteiger partial charge in [0, 0.05) is 12.0 Å².